The van der Waals surface area contributed by atoms with Crippen LogP contribution < -0.4 is 0 Å². The lowest BCUT2D eigenvalue weighted by atomic mass is 9.87. The van der Waals surface area contributed by atoms with Gasteiger partial charge >= 0.3 is 0 Å². The predicted molar refractivity (Wildman–Crippen MR) is 111 cm³/mol. The fraction of sp³-hybridized carbons (Fsp3) is 0.727. The van der Waals surface area contributed by atoms with Gasteiger partial charge in [0.25, 0.3) is 0 Å². The highest BCUT2D eigenvalue weighted by atomic mass is 15.1. The Balaban J connectivity index is -0.000000270. The quantitative estimate of drug-likeness (QED) is 0.489. The van der Waals surface area contributed by atoms with E-state index in [1.165, 1.54) is 37.9 Å². The maximum atomic E-state index is 2.39. The molecule has 1 aromatic rings. The van der Waals surface area contributed by atoms with Crippen LogP contribution in [0.4, 0.5) is 0 Å². The van der Waals surface area contributed by atoms with E-state index >= 15 is 0 Å². The van der Waals surface area contributed by atoms with Crippen molar-refractivity contribution in [2.24, 2.45) is 0 Å². The standard InChI is InChI=1S/C10H14.C6H13N.3C2H6/c1-10(2,3)9-7-5-4-6-8-9;1-7-5-3-2-4-6-7;3*1-2/h4-8H,1-3H3;2-6H2,1H3;3*1-2H3. The molecule has 1 saturated heterocycles. The van der Waals surface area contributed by atoms with Gasteiger partial charge in [-0.05, 0) is 44.0 Å². The Morgan fingerprint density at radius 3 is 1.30 bits per heavy atom. The number of hydrogen-bond acceptors (Lipinski definition) is 1. The largest absolute Gasteiger partial charge is 0.306 e. The van der Waals surface area contributed by atoms with Crippen molar-refractivity contribution in [3.05, 3.63) is 35.9 Å². The van der Waals surface area contributed by atoms with Gasteiger partial charge in [0.2, 0.25) is 0 Å². The minimum absolute atomic E-state index is 0.293. The first-order valence-electron chi connectivity index (χ1n) is 9.74. The van der Waals surface area contributed by atoms with Crippen LogP contribution in [0.1, 0.15) is 87.1 Å². The van der Waals surface area contributed by atoms with Crippen LogP contribution in [0.3, 0.4) is 0 Å². The predicted octanol–water partition coefficient (Wildman–Crippen LogP) is 7.16. The Bertz CT molecular complexity index is 291. The van der Waals surface area contributed by atoms with Crippen molar-refractivity contribution in [1.29, 1.82) is 0 Å². The average Bonchev–Trinajstić information content (AvgIpc) is 2.61. The van der Waals surface area contributed by atoms with Gasteiger partial charge in [-0.3, -0.25) is 0 Å². The summed E-state index contributed by atoms with van der Waals surface area (Å²) < 4.78 is 0. The molecule has 1 aromatic carbocycles. The molecule has 0 N–H and O–H groups in total. The van der Waals surface area contributed by atoms with Gasteiger partial charge in [-0.15, -0.1) is 0 Å². The molecule has 1 heterocycles. The average molecular weight is 324 g/mol. The smallest absolute Gasteiger partial charge is 0.00218 e. The third-order valence-electron chi connectivity index (χ3n) is 3.22. The van der Waals surface area contributed by atoms with E-state index in [0.717, 1.165) is 0 Å². The Morgan fingerprint density at radius 1 is 0.696 bits per heavy atom. The second-order valence-electron chi connectivity index (χ2n) is 5.98. The van der Waals surface area contributed by atoms with E-state index in [2.05, 4.69) is 63.1 Å². The van der Waals surface area contributed by atoms with Crippen LogP contribution in [0, 0.1) is 0 Å². The Kier molecular flexibility index (Phi) is 22.6. The summed E-state index contributed by atoms with van der Waals surface area (Å²) in [4.78, 5) is 2.39. The van der Waals surface area contributed by atoms with Crippen molar-refractivity contribution < 1.29 is 0 Å². The Labute approximate surface area is 148 Å². The Hall–Kier alpha value is -0.820. The van der Waals surface area contributed by atoms with Gasteiger partial charge in [0, 0.05) is 0 Å². The molecular weight excluding hydrogens is 278 g/mol. The van der Waals surface area contributed by atoms with Crippen LogP contribution in [0.25, 0.3) is 0 Å². The van der Waals surface area contributed by atoms with Gasteiger partial charge in [-0.1, -0.05) is 99.1 Å². The molecule has 2 rings (SSSR count). The summed E-state index contributed by atoms with van der Waals surface area (Å²) in [6.45, 7) is 21.3. The molecule has 0 radical (unpaired) electrons. The van der Waals surface area contributed by atoms with Crippen molar-refractivity contribution in [3.63, 3.8) is 0 Å². The van der Waals surface area contributed by atoms with Gasteiger partial charge in [0.05, 0.1) is 0 Å². The minimum Gasteiger partial charge on any atom is -0.306 e. The highest BCUT2D eigenvalue weighted by Gasteiger charge is 2.11. The summed E-state index contributed by atoms with van der Waals surface area (Å²) in [5.41, 5.74) is 1.69. The van der Waals surface area contributed by atoms with Crippen LogP contribution >= 0.6 is 0 Å². The van der Waals surface area contributed by atoms with Crippen molar-refractivity contribution >= 4 is 0 Å². The monoisotopic (exact) mass is 323 g/mol. The molecule has 0 unspecified atom stereocenters. The first kappa shape index (κ1) is 27.0. The maximum absolute atomic E-state index is 2.39. The third kappa shape index (κ3) is 17.4. The van der Waals surface area contributed by atoms with Gasteiger partial charge in [-0.2, -0.15) is 0 Å². The van der Waals surface area contributed by atoms with Gasteiger partial charge in [0.1, 0.15) is 0 Å². The van der Waals surface area contributed by atoms with E-state index < -0.39 is 0 Å². The fourth-order valence-corrected chi connectivity index (χ4v) is 1.99. The van der Waals surface area contributed by atoms with E-state index in [4.69, 9.17) is 0 Å². The molecular formula is C22H45N. The van der Waals surface area contributed by atoms with E-state index in [0.29, 0.717) is 5.41 Å². The van der Waals surface area contributed by atoms with Crippen LogP contribution in [0.2, 0.25) is 0 Å². The van der Waals surface area contributed by atoms with Gasteiger partial charge < -0.3 is 4.90 Å². The zero-order chi connectivity index (χ0) is 18.7. The number of benzene rings is 1. The molecule has 1 heteroatoms. The van der Waals surface area contributed by atoms with Crippen LogP contribution in [0.15, 0.2) is 30.3 Å². The molecule has 0 aliphatic carbocycles. The first-order chi connectivity index (χ1) is 11.0. The molecule has 1 aliphatic rings. The molecule has 1 fully saturated rings. The van der Waals surface area contributed by atoms with Crippen LogP contribution in [-0.4, -0.2) is 25.0 Å². The highest BCUT2D eigenvalue weighted by Crippen LogP contribution is 2.20. The van der Waals surface area contributed by atoms with Crippen molar-refractivity contribution in [3.8, 4) is 0 Å². The molecule has 0 aromatic heterocycles. The topological polar surface area (TPSA) is 3.24 Å². The number of likely N-dealkylation sites (tertiary alicyclic amines) is 1. The lowest BCUT2D eigenvalue weighted by Gasteiger charge is -2.20. The Morgan fingerprint density at radius 2 is 1.09 bits per heavy atom. The zero-order valence-corrected chi connectivity index (χ0v) is 17.9. The summed E-state index contributed by atoms with van der Waals surface area (Å²) in [5, 5.41) is 0. The lowest BCUT2D eigenvalue weighted by Crippen LogP contribution is -2.24. The van der Waals surface area contributed by atoms with E-state index in [9.17, 15) is 0 Å². The zero-order valence-electron chi connectivity index (χ0n) is 17.9. The molecule has 138 valence electrons. The lowest BCUT2D eigenvalue weighted by molar-refractivity contribution is 0.277. The summed E-state index contributed by atoms with van der Waals surface area (Å²) in [5.74, 6) is 0. The maximum Gasteiger partial charge on any atom is -0.00218 e. The van der Waals surface area contributed by atoms with E-state index in [-0.39, 0.29) is 0 Å². The SMILES string of the molecule is CC.CC.CC.CC(C)(C)c1ccccc1.CN1CCCCC1. The number of hydrogen-bond donors (Lipinski definition) is 0. The molecule has 0 amide bonds. The first-order valence-corrected chi connectivity index (χ1v) is 9.74. The molecule has 1 nitrogen and oxygen atoms in total. The van der Waals surface area contributed by atoms with Crippen molar-refractivity contribution in [2.75, 3.05) is 20.1 Å². The molecule has 0 saturated carbocycles. The molecule has 23 heavy (non-hydrogen) atoms. The van der Waals surface area contributed by atoms with E-state index in [1.807, 2.05) is 41.5 Å². The van der Waals surface area contributed by atoms with Crippen molar-refractivity contribution in [1.82, 2.24) is 4.90 Å². The molecule has 0 spiro atoms. The normalized spacial score (nSPS) is 13.5. The van der Waals surface area contributed by atoms with Crippen LogP contribution in [-0.2, 0) is 5.41 Å². The van der Waals surface area contributed by atoms with Crippen molar-refractivity contribution in [2.45, 2.75) is 87.0 Å². The third-order valence-corrected chi connectivity index (χ3v) is 3.22. The summed E-state index contributed by atoms with van der Waals surface area (Å²) in [6, 6.07) is 10.6. The summed E-state index contributed by atoms with van der Waals surface area (Å²) in [7, 11) is 2.19. The molecule has 1 aliphatic heterocycles. The second kappa shape index (κ2) is 19.2. The minimum atomic E-state index is 0.293. The van der Waals surface area contributed by atoms with Crippen LogP contribution in [0.5, 0.6) is 0 Å². The summed E-state index contributed by atoms with van der Waals surface area (Å²) >= 11 is 0. The molecule has 0 atom stereocenters. The summed E-state index contributed by atoms with van der Waals surface area (Å²) in [6.07, 6.45) is 4.28. The number of piperidine rings is 1. The second-order valence-corrected chi connectivity index (χ2v) is 5.98. The number of nitrogens with zero attached hydrogens (tertiary/aromatic N) is 1. The van der Waals surface area contributed by atoms with Gasteiger partial charge in [-0.25, -0.2) is 0 Å². The number of rotatable bonds is 0. The highest BCUT2D eigenvalue weighted by molar-refractivity contribution is 5.21. The van der Waals surface area contributed by atoms with E-state index in [1.54, 1.807) is 0 Å². The van der Waals surface area contributed by atoms with Gasteiger partial charge in [0.15, 0.2) is 0 Å². The fourth-order valence-electron chi connectivity index (χ4n) is 1.99. The molecule has 0 bridgehead atoms.